The number of urea groups is 1. The topological polar surface area (TPSA) is 158 Å². The van der Waals surface area contributed by atoms with Crippen LogP contribution in [0.25, 0.3) is 11.1 Å². The number of hydrogen-bond acceptors (Lipinski definition) is 8. The molecule has 4 aliphatic heterocycles. The van der Waals surface area contributed by atoms with Crippen molar-refractivity contribution in [2.24, 2.45) is 18.9 Å². The Morgan fingerprint density at radius 1 is 0.906 bits per heavy atom. The predicted octanol–water partition coefficient (Wildman–Crippen LogP) is 4.08. The molecular formula is C39H50N6O8. The molecule has 0 radical (unpaired) electrons. The number of aliphatic carboxylic acids is 1. The summed E-state index contributed by atoms with van der Waals surface area (Å²) in [4.78, 5) is 71.8. The molecular weight excluding hydrogens is 680 g/mol. The van der Waals surface area contributed by atoms with Gasteiger partial charge < -0.3 is 34.3 Å². The number of para-hydroxylation sites is 1. The number of ether oxygens (including phenoxy) is 1. The van der Waals surface area contributed by atoms with Gasteiger partial charge in [-0.05, 0) is 106 Å². The van der Waals surface area contributed by atoms with E-state index in [2.05, 4.69) is 5.32 Å². The van der Waals surface area contributed by atoms with Gasteiger partial charge in [-0.1, -0.05) is 24.3 Å². The van der Waals surface area contributed by atoms with Crippen LogP contribution in [0.3, 0.4) is 0 Å². The standard InChI is InChI=1S/C39H50N6O8/c1-25-21-26(22-32-35(25)41(2)38(50)52-32)23-33(36(48)43-16-9-28(10-17-43)27-7-14-42(15-8-27)24-34(46)47)53-39(51)44-18-12-30(13-19-44)45-20-11-29-5-3-4-6-31(29)40-37(45)49/h3-6,21-22,27-28,30,33H,7-20,23-24H2,1-2H3,(H,40,49)(H,46,47)/t33-/m1/s1. The molecule has 5 heterocycles. The van der Waals surface area contributed by atoms with E-state index in [1.54, 1.807) is 18.0 Å². The Morgan fingerprint density at radius 3 is 2.26 bits per heavy atom. The number of nitrogens with one attached hydrogen (secondary N) is 1. The number of piperidine rings is 3. The Kier molecular flexibility index (Phi) is 10.8. The van der Waals surface area contributed by atoms with E-state index in [0.29, 0.717) is 68.5 Å². The number of carboxylic acid groups (broad SMARTS) is 1. The first-order chi connectivity index (χ1) is 25.5. The SMILES string of the molecule is Cc1cc(C[C@@H](OC(=O)N2CCC(N3CCc4ccccc4NC3=O)CC2)C(=O)N2CCC(C3CCN(CC(=O)O)CC3)CC2)cc2oc(=O)n(C)c12. The number of anilines is 1. The van der Waals surface area contributed by atoms with Crippen molar-refractivity contribution in [1.82, 2.24) is 24.2 Å². The van der Waals surface area contributed by atoms with Gasteiger partial charge >= 0.3 is 23.8 Å². The van der Waals surface area contributed by atoms with E-state index >= 15 is 0 Å². The van der Waals surface area contributed by atoms with Crippen molar-refractivity contribution < 1.29 is 33.4 Å². The van der Waals surface area contributed by atoms with E-state index in [0.717, 1.165) is 67.6 Å². The number of carboxylic acids is 1. The molecule has 3 saturated heterocycles. The highest BCUT2D eigenvalue weighted by molar-refractivity contribution is 5.91. The van der Waals surface area contributed by atoms with Crippen LogP contribution in [-0.2, 0) is 34.2 Å². The Morgan fingerprint density at radius 2 is 1.57 bits per heavy atom. The minimum Gasteiger partial charge on any atom is -0.480 e. The maximum atomic E-state index is 14.2. The maximum Gasteiger partial charge on any atom is 0.419 e. The fourth-order valence-electron chi connectivity index (χ4n) is 8.96. The number of carbonyl (C=O) groups excluding carboxylic acids is 3. The molecule has 2 N–H and O–H groups in total. The second-order valence-corrected chi connectivity index (χ2v) is 15.2. The first-order valence-electron chi connectivity index (χ1n) is 19.0. The number of hydrogen-bond donors (Lipinski definition) is 2. The van der Waals surface area contributed by atoms with Crippen LogP contribution in [0.4, 0.5) is 15.3 Å². The van der Waals surface area contributed by atoms with Crippen LogP contribution in [0.5, 0.6) is 0 Å². The van der Waals surface area contributed by atoms with Gasteiger partial charge in [-0.15, -0.1) is 0 Å². The van der Waals surface area contributed by atoms with Crippen molar-refractivity contribution >= 4 is 40.8 Å². The third-order valence-corrected chi connectivity index (χ3v) is 11.9. The van der Waals surface area contributed by atoms with E-state index in [-0.39, 0.29) is 30.9 Å². The largest absolute Gasteiger partial charge is 0.480 e. The molecule has 3 fully saturated rings. The van der Waals surface area contributed by atoms with Crippen molar-refractivity contribution in [1.29, 1.82) is 0 Å². The Bertz CT molecular complexity index is 1900. The van der Waals surface area contributed by atoms with Crippen LogP contribution in [-0.4, -0.2) is 118 Å². The first-order valence-corrected chi connectivity index (χ1v) is 19.0. The lowest BCUT2D eigenvalue weighted by Crippen LogP contribution is -2.52. The zero-order chi connectivity index (χ0) is 37.2. The Hall–Kier alpha value is -4.85. The molecule has 0 spiro atoms. The molecule has 14 nitrogen and oxygen atoms in total. The number of amides is 4. The van der Waals surface area contributed by atoms with Crippen LogP contribution in [0.1, 0.15) is 55.2 Å². The van der Waals surface area contributed by atoms with Crippen LogP contribution < -0.4 is 11.1 Å². The number of likely N-dealkylation sites (tertiary alicyclic amines) is 3. The zero-order valence-corrected chi connectivity index (χ0v) is 30.6. The van der Waals surface area contributed by atoms with E-state index in [9.17, 15) is 24.0 Å². The van der Waals surface area contributed by atoms with Gasteiger partial charge in [0.05, 0.1) is 12.1 Å². The zero-order valence-electron chi connectivity index (χ0n) is 30.6. The molecule has 4 aliphatic rings. The van der Waals surface area contributed by atoms with Gasteiger partial charge in [-0.2, -0.15) is 0 Å². The molecule has 1 atom stereocenters. The van der Waals surface area contributed by atoms with Crippen molar-refractivity contribution in [3.05, 3.63) is 63.6 Å². The summed E-state index contributed by atoms with van der Waals surface area (Å²) in [6.07, 6.45) is 4.06. The number of fused-ring (bicyclic) bond motifs is 2. The number of benzene rings is 2. The number of oxazole rings is 1. The van der Waals surface area contributed by atoms with Crippen LogP contribution in [0, 0.1) is 18.8 Å². The normalized spacial score (nSPS) is 20.2. The monoisotopic (exact) mass is 730 g/mol. The molecule has 2 aromatic carbocycles. The number of rotatable bonds is 8. The molecule has 0 unspecified atom stereocenters. The van der Waals surface area contributed by atoms with E-state index in [1.807, 2.05) is 52.0 Å². The Balaban J connectivity index is 1.00. The smallest absolute Gasteiger partial charge is 0.419 e. The summed E-state index contributed by atoms with van der Waals surface area (Å²) in [5.41, 5.74) is 4.59. The molecule has 0 bridgehead atoms. The number of aromatic nitrogens is 1. The summed E-state index contributed by atoms with van der Waals surface area (Å²) in [6.45, 7) is 6.03. The van der Waals surface area contributed by atoms with Gasteiger partial charge in [-0.25, -0.2) is 14.4 Å². The Labute approximate surface area is 308 Å². The molecule has 3 aromatic rings. The van der Waals surface area contributed by atoms with Gasteiger partial charge in [0.25, 0.3) is 5.91 Å². The van der Waals surface area contributed by atoms with Gasteiger partial charge in [0.1, 0.15) is 0 Å². The quantitative estimate of drug-likeness (QED) is 0.349. The summed E-state index contributed by atoms with van der Waals surface area (Å²) in [5, 5.41) is 12.2. The number of nitrogens with zero attached hydrogens (tertiary/aromatic N) is 5. The summed E-state index contributed by atoms with van der Waals surface area (Å²) >= 11 is 0. The summed E-state index contributed by atoms with van der Waals surface area (Å²) in [7, 11) is 1.65. The summed E-state index contributed by atoms with van der Waals surface area (Å²) < 4.78 is 13.0. The van der Waals surface area contributed by atoms with E-state index in [4.69, 9.17) is 14.3 Å². The molecule has 14 heteroatoms. The lowest BCUT2D eigenvalue weighted by atomic mass is 9.78. The fourth-order valence-corrected chi connectivity index (χ4v) is 8.96. The number of carbonyl (C=O) groups is 4. The minimum absolute atomic E-state index is 0.0216. The third kappa shape index (κ3) is 8.07. The molecule has 0 aliphatic carbocycles. The van der Waals surface area contributed by atoms with Gasteiger partial charge in [-0.3, -0.25) is 19.1 Å². The lowest BCUT2D eigenvalue weighted by Gasteiger charge is -2.41. The van der Waals surface area contributed by atoms with Gasteiger partial charge in [0, 0.05) is 57.9 Å². The van der Waals surface area contributed by atoms with Crippen molar-refractivity contribution in [2.75, 3.05) is 57.7 Å². The highest BCUT2D eigenvalue weighted by Crippen LogP contribution is 2.33. The molecule has 7 rings (SSSR count). The molecule has 284 valence electrons. The highest BCUT2D eigenvalue weighted by atomic mass is 16.6. The molecule has 1 aromatic heterocycles. The maximum absolute atomic E-state index is 14.2. The number of aryl methyl sites for hydroxylation is 2. The second-order valence-electron chi connectivity index (χ2n) is 15.2. The van der Waals surface area contributed by atoms with Crippen LogP contribution in [0.15, 0.2) is 45.6 Å². The molecule has 4 amide bonds. The fraction of sp³-hybridized carbons (Fsp3) is 0.564. The minimum atomic E-state index is -1.07. The molecule has 53 heavy (non-hydrogen) atoms. The molecule has 0 saturated carbocycles. The van der Waals surface area contributed by atoms with Crippen LogP contribution in [0.2, 0.25) is 0 Å². The van der Waals surface area contributed by atoms with Gasteiger partial charge in [0.2, 0.25) is 0 Å². The summed E-state index contributed by atoms with van der Waals surface area (Å²) in [6, 6.07) is 11.3. The van der Waals surface area contributed by atoms with E-state index in [1.165, 1.54) is 4.57 Å². The average molecular weight is 731 g/mol. The van der Waals surface area contributed by atoms with Crippen molar-refractivity contribution in [3.8, 4) is 0 Å². The second kappa shape index (κ2) is 15.6. The first kappa shape index (κ1) is 36.5. The van der Waals surface area contributed by atoms with E-state index < -0.39 is 23.9 Å². The van der Waals surface area contributed by atoms with Crippen molar-refractivity contribution in [3.63, 3.8) is 0 Å². The van der Waals surface area contributed by atoms with Gasteiger partial charge in [0.15, 0.2) is 11.7 Å². The highest BCUT2D eigenvalue weighted by Gasteiger charge is 2.37. The summed E-state index contributed by atoms with van der Waals surface area (Å²) in [5.74, 6) is -0.553. The third-order valence-electron chi connectivity index (χ3n) is 11.9. The predicted molar refractivity (Wildman–Crippen MR) is 197 cm³/mol. The van der Waals surface area contributed by atoms with Crippen molar-refractivity contribution in [2.45, 2.75) is 70.4 Å². The van der Waals surface area contributed by atoms with Crippen LogP contribution >= 0.6 is 0 Å². The lowest BCUT2D eigenvalue weighted by molar-refractivity contribution is -0.142. The average Bonchev–Trinajstić information content (AvgIpc) is 3.33.